The molecule has 1 aromatic carbocycles. The molecule has 2 saturated heterocycles. The van der Waals surface area contributed by atoms with Crippen molar-refractivity contribution >= 4 is 80.7 Å². The summed E-state index contributed by atoms with van der Waals surface area (Å²) in [5.41, 5.74) is 11.1. The van der Waals surface area contributed by atoms with Crippen molar-refractivity contribution < 1.29 is 63.3 Å². The molecule has 10 atom stereocenters. The predicted molar refractivity (Wildman–Crippen MR) is 246 cm³/mol. The van der Waals surface area contributed by atoms with E-state index in [1.54, 1.807) is 13.8 Å². The lowest BCUT2D eigenvalue weighted by Gasteiger charge is -2.31. The van der Waals surface area contributed by atoms with Gasteiger partial charge < -0.3 is 68.9 Å². The van der Waals surface area contributed by atoms with Crippen molar-refractivity contribution in [3.63, 3.8) is 0 Å². The minimum atomic E-state index is -1.78. The Balaban J connectivity index is 2.02. The molecule has 2 aliphatic rings. The summed E-state index contributed by atoms with van der Waals surface area (Å²) < 4.78 is 0. The van der Waals surface area contributed by atoms with E-state index in [9.17, 15) is 63.3 Å². The van der Waals surface area contributed by atoms with E-state index in [0.29, 0.717) is 18.4 Å². The maximum atomic E-state index is 14.4. The second-order valence-corrected chi connectivity index (χ2v) is 19.5. The average molecular weight is 981 g/mol. The van der Waals surface area contributed by atoms with Crippen LogP contribution in [0.4, 0.5) is 0 Å². The van der Waals surface area contributed by atoms with Crippen LogP contribution in [0.2, 0.25) is 0 Å². The number of carbonyl (C=O) groups excluding carboxylic acids is 10. The monoisotopic (exact) mass is 980 g/mol. The number of carbonyl (C=O) groups is 10. The molecule has 2 heterocycles. The number of hydrogen-bond acceptors (Lipinski definition) is 15. The summed E-state index contributed by atoms with van der Waals surface area (Å²) in [6.45, 7) is 7.71. The summed E-state index contributed by atoms with van der Waals surface area (Å²) in [5, 5.41) is 48.9. The molecular formula is C42H64N10O13S2. The molecule has 0 spiro atoms. The molecule has 0 radical (unpaired) electrons. The van der Waals surface area contributed by atoms with Crippen molar-refractivity contribution in [2.24, 2.45) is 23.3 Å². The van der Waals surface area contributed by atoms with Crippen LogP contribution in [0.3, 0.4) is 0 Å². The number of primary amides is 2. The van der Waals surface area contributed by atoms with E-state index in [1.165, 1.54) is 36.1 Å². The summed E-state index contributed by atoms with van der Waals surface area (Å²) in [6.07, 6.45) is -3.31. The first-order valence-corrected chi connectivity index (χ1v) is 24.4. The number of nitrogens with zero attached hydrogens (tertiary/aromatic N) is 1. The lowest BCUT2D eigenvalue weighted by molar-refractivity contribution is -0.142. The highest BCUT2D eigenvalue weighted by atomic mass is 33.1. The molecule has 0 bridgehead atoms. The Hall–Kier alpha value is -5.66. The Kier molecular flexibility index (Phi) is 22.1. The van der Waals surface area contributed by atoms with Gasteiger partial charge in [0.15, 0.2) is 0 Å². The molecule has 0 aliphatic carbocycles. The third-order valence-corrected chi connectivity index (χ3v) is 13.4. The second kappa shape index (κ2) is 26.6. The topological polar surface area (TPSA) is 371 Å². The number of amides is 10. The first kappa shape index (κ1) is 55.7. The molecular weight excluding hydrogens is 917 g/mol. The molecule has 0 aromatic heterocycles. The summed E-state index contributed by atoms with van der Waals surface area (Å²) >= 11 is 0. The zero-order valence-electron chi connectivity index (χ0n) is 38.1. The predicted octanol–water partition coefficient (Wildman–Crippen LogP) is -3.46. The van der Waals surface area contributed by atoms with Gasteiger partial charge in [0.25, 0.3) is 0 Å². The summed E-state index contributed by atoms with van der Waals surface area (Å²) in [7, 11) is 1.85. The number of nitrogens with one attached hydrogen (secondary N) is 7. The van der Waals surface area contributed by atoms with Gasteiger partial charge in [0.2, 0.25) is 59.1 Å². The van der Waals surface area contributed by atoms with E-state index >= 15 is 0 Å². The first-order valence-electron chi connectivity index (χ1n) is 21.9. The van der Waals surface area contributed by atoms with Gasteiger partial charge in [0.1, 0.15) is 54.1 Å². The molecule has 0 unspecified atom stereocenters. The number of nitrogens with two attached hydrogens (primary N) is 2. The standard InChI is InChI=1S/C42H64N10O13S2/c1-6-21(4)33-40(63)51-34(22(5)53)41(64)48-27(16-31(43)56)36(59)49-28(18-66-67-19-30(55)39(62)47-26(37(60)50-33)15-23-9-11-24(54)12-10-23)42(65)52-13-7-8-29(52)38(61)46-25(14-20(2)3)35(58)45-17-32(44)57/h9-12,20-22,25-30,33-34,53-55H,6-8,13-19H2,1-5H3,(H2,43,56)(H2,44,57)(H,45,58)(H,46,61)(H,47,62)(H,48,64)(H,49,59)(H,50,60)(H,51,63)/t21-,22+,25-,26-,27-,28-,29-,30-,33-,34-/m0/s1. The Morgan fingerprint density at radius 2 is 1.40 bits per heavy atom. The quantitative estimate of drug-likeness (QED) is 0.0761. The number of likely N-dealkylation sites (tertiary alicyclic amines) is 1. The smallest absolute Gasteiger partial charge is 0.250 e. The van der Waals surface area contributed by atoms with Crippen molar-refractivity contribution in [3.8, 4) is 5.75 Å². The van der Waals surface area contributed by atoms with Crippen LogP contribution in [-0.2, 0) is 54.4 Å². The van der Waals surface area contributed by atoms with Gasteiger partial charge in [-0.1, -0.05) is 67.8 Å². The Morgan fingerprint density at radius 3 is 2.00 bits per heavy atom. The van der Waals surface area contributed by atoms with Crippen molar-refractivity contribution in [2.45, 2.75) is 128 Å². The van der Waals surface area contributed by atoms with E-state index in [4.69, 9.17) is 11.5 Å². The summed E-state index contributed by atoms with van der Waals surface area (Å²) in [5.74, 6) is -10.3. The lowest BCUT2D eigenvalue weighted by atomic mass is 9.96. The number of aromatic hydroxyl groups is 1. The summed E-state index contributed by atoms with van der Waals surface area (Å²) in [6, 6.07) is -4.26. The molecule has 67 heavy (non-hydrogen) atoms. The van der Waals surface area contributed by atoms with Gasteiger partial charge >= 0.3 is 0 Å². The van der Waals surface area contributed by atoms with Crippen LogP contribution >= 0.6 is 21.6 Å². The molecule has 2 fully saturated rings. The van der Waals surface area contributed by atoms with Gasteiger partial charge in [0.05, 0.1) is 19.1 Å². The second-order valence-electron chi connectivity index (χ2n) is 17.0. The van der Waals surface area contributed by atoms with Crippen LogP contribution in [-0.4, -0.2) is 158 Å². The molecule has 14 N–H and O–H groups in total. The fraction of sp³-hybridized carbons (Fsp3) is 0.619. The van der Waals surface area contributed by atoms with E-state index < -0.39 is 132 Å². The molecule has 372 valence electrons. The van der Waals surface area contributed by atoms with Gasteiger partial charge in [-0.05, 0) is 55.7 Å². The maximum Gasteiger partial charge on any atom is 0.250 e. The number of benzene rings is 1. The highest BCUT2D eigenvalue weighted by Gasteiger charge is 2.41. The van der Waals surface area contributed by atoms with E-state index in [0.717, 1.165) is 21.6 Å². The molecule has 2 aliphatic heterocycles. The number of phenolic OH excluding ortho intramolecular Hbond substituents is 1. The zero-order chi connectivity index (χ0) is 50.1. The Morgan fingerprint density at radius 1 is 0.806 bits per heavy atom. The third-order valence-electron chi connectivity index (χ3n) is 11.0. The van der Waals surface area contributed by atoms with Gasteiger partial charge in [-0.2, -0.15) is 0 Å². The fourth-order valence-corrected chi connectivity index (χ4v) is 9.35. The number of hydrogen-bond donors (Lipinski definition) is 12. The number of phenols is 1. The molecule has 25 heteroatoms. The fourth-order valence-electron chi connectivity index (χ4n) is 7.14. The largest absolute Gasteiger partial charge is 0.508 e. The van der Waals surface area contributed by atoms with Crippen LogP contribution in [0.5, 0.6) is 5.75 Å². The van der Waals surface area contributed by atoms with Gasteiger partial charge in [0, 0.05) is 24.5 Å². The van der Waals surface area contributed by atoms with Crippen molar-refractivity contribution in [3.05, 3.63) is 29.8 Å². The highest BCUT2D eigenvalue weighted by molar-refractivity contribution is 8.76. The number of aliphatic hydroxyl groups is 2. The van der Waals surface area contributed by atoms with E-state index in [1.807, 2.05) is 13.8 Å². The molecule has 1 aromatic rings. The SMILES string of the molecule is CC[C@H](C)[C@@H]1NC(=O)[C@H](Cc2ccc(O)cc2)NC(=O)[C@@H](O)CSSC[C@@H](C(=O)N2CCC[C@H]2C(=O)N[C@@H](CC(C)C)C(=O)NCC(N)=O)NC(=O)[C@H](CC(N)=O)NC(=O)[C@H]([C@@H](C)O)NC1=O. The first-order chi connectivity index (χ1) is 31.5. The number of aliphatic hydroxyl groups excluding tert-OH is 2. The van der Waals surface area contributed by atoms with E-state index in [-0.39, 0.29) is 49.0 Å². The third kappa shape index (κ3) is 17.5. The minimum absolute atomic E-state index is 0.0381. The summed E-state index contributed by atoms with van der Waals surface area (Å²) in [4.78, 5) is 135. The van der Waals surface area contributed by atoms with Crippen molar-refractivity contribution in [1.82, 2.24) is 42.1 Å². The van der Waals surface area contributed by atoms with Crippen LogP contribution in [0, 0.1) is 11.8 Å². The van der Waals surface area contributed by atoms with Crippen molar-refractivity contribution in [2.75, 3.05) is 24.6 Å². The molecule has 3 rings (SSSR count). The van der Waals surface area contributed by atoms with Crippen LogP contribution in [0.15, 0.2) is 24.3 Å². The normalized spacial score (nSPS) is 25.2. The maximum absolute atomic E-state index is 14.4. The van der Waals surface area contributed by atoms with Gasteiger partial charge in [-0.25, -0.2) is 0 Å². The Bertz CT molecular complexity index is 1960. The van der Waals surface area contributed by atoms with Gasteiger partial charge in [-0.15, -0.1) is 0 Å². The van der Waals surface area contributed by atoms with Crippen LogP contribution in [0.1, 0.15) is 72.3 Å². The van der Waals surface area contributed by atoms with Crippen LogP contribution in [0.25, 0.3) is 0 Å². The molecule has 0 saturated carbocycles. The zero-order valence-corrected chi connectivity index (χ0v) is 39.7. The number of rotatable bonds is 15. The van der Waals surface area contributed by atoms with Crippen molar-refractivity contribution in [1.29, 1.82) is 0 Å². The van der Waals surface area contributed by atoms with E-state index in [2.05, 4.69) is 37.2 Å². The lowest BCUT2D eigenvalue weighted by Crippen LogP contribution is -2.63. The highest BCUT2D eigenvalue weighted by Crippen LogP contribution is 2.26. The molecule has 23 nitrogen and oxygen atoms in total. The van der Waals surface area contributed by atoms with Gasteiger partial charge in [-0.3, -0.25) is 47.9 Å². The minimum Gasteiger partial charge on any atom is -0.508 e. The Labute approximate surface area is 395 Å². The van der Waals surface area contributed by atoms with Crippen LogP contribution < -0.4 is 48.7 Å². The average Bonchev–Trinajstić information content (AvgIpc) is 3.76. The molecule has 10 amide bonds.